The van der Waals surface area contributed by atoms with Gasteiger partial charge in [0.15, 0.2) is 0 Å². The first-order valence-electron chi connectivity index (χ1n) is 10.3. The van der Waals surface area contributed by atoms with Gasteiger partial charge in [0.05, 0.1) is 37.7 Å². The van der Waals surface area contributed by atoms with E-state index in [1.807, 2.05) is 13.0 Å². The third-order valence-electron chi connectivity index (χ3n) is 5.11. The number of hydrogen-bond donors (Lipinski definition) is 2. The number of halogens is 1. The highest BCUT2D eigenvalue weighted by Crippen LogP contribution is 2.44. The SMILES string of the molecule is CCCS(=O)(=O)Nc1cccc(-c2nc(C3CCOCC3)sc2-c2ccnc(N)n2)c1Cl. The first-order chi connectivity index (χ1) is 15.4. The fourth-order valence-electron chi connectivity index (χ4n) is 3.59. The van der Waals surface area contributed by atoms with Gasteiger partial charge in [-0.2, -0.15) is 0 Å². The van der Waals surface area contributed by atoms with Crippen molar-refractivity contribution in [1.29, 1.82) is 0 Å². The first kappa shape index (κ1) is 22.9. The van der Waals surface area contributed by atoms with Crippen LogP contribution in [-0.2, 0) is 14.8 Å². The predicted octanol–water partition coefficient (Wildman–Crippen LogP) is 4.55. The van der Waals surface area contributed by atoms with Crippen LogP contribution in [0.4, 0.5) is 11.6 Å². The van der Waals surface area contributed by atoms with Crippen molar-refractivity contribution in [3.05, 3.63) is 40.5 Å². The van der Waals surface area contributed by atoms with Crippen molar-refractivity contribution in [3.8, 4) is 21.8 Å². The maximum atomic E-state index is 12.3. The summed E-state index contributed by atoms with van der Waals surface area (Å²) in [5.41, 5.74) is 8.08. The molecule has 1 saturated heterocycles. The first-order valence-corrected chi connectivity index (χ1v) is 13.2. The molecule has 3 heterocycles. The van der Waals surface area contributed by atoms with Crippen molar-refractivity contribution in [2.45, 2.75) is 32.1 Å². The summed E-state index contributed by atoms with van der Waals surface area (Å²) in [5.74, 6) is 0.468. The van der Waals surface area contributed by atoms with Crippen molar-refractivity contribution in [1.82, 2.24) is 15.0 Å². The lowest BCUT2D eigenvalue weighted by atomic mass is 10.0. The second-order valence-corrected chi connectivity index (χ2v) is 10.8. The molecule has 0 bridgehead atoms. The summed E-state index contributed by atoms with van der Waals surface area (Å²) < 4.78 is 32.7. The molecule has 0 spiro atoms. The highest BCUT2D eigenvalue weighted by Gasteiger charge is 2.25. The topological polar surface area (TPSA) is 120 Å². The van der Waals surface area contributed by atoms with E-state index in [-0.39, 0.29) is 17.6 Å². The molecule has 0 radical (unpaired) electrons. The normalized spacial score (nSPS) is 15.1. The second kappa shape index (κ2) is 9.70. The van der Waals surface area contributed by atoms with Crippen LogP contribution in [0, 0.1) is 0 Å². The van der Waals surface area contributed by atoms with Gasteiger partial charge in [-0.15, -0.1) is 11.3 Å². The Morgan fingerprint density at radius 2 is 2.03 bits per heavy atom. The Labute approximate surface area is 196 Å². The van der Waals surface area contributed by atoms with E-state index in [0.717, 1.165) is 22.7 Å². The molecular weight excluding hydrogens is 470 g/mol. The van der Waals surface area contributed by atoms with Gasteiger partial charge in [0, 0.05) is 30.9 Å². The van der Waals surface area contributed by atoms with Gasteiger partial charge in [0.1, 0.15) is 0 Å². The van der Waals surface area contributed by atoms with E-state index in [1.54, 1.807) is 35.7 Å². The number of rotatable bonds is 7. The molecule has 11 heteroatoms. The molecule has 1 fully saturated rings. The molecule has 4 rings (SSSR count). The van der Waals surface area contributed by atoms with E-state index < -0.39 is 10.0 Å². The highest BCUT2D eigenvalue weighted by atomic mass is 35.5. The summed E-state index contributed by atoms with van der Waals surface area (Å²) in [6, 6.07) is 7.02. The number of aromatic nitrogens is 3. The lowest BCUT2D eigenvalue weighted by Gasteiger charge is -2.19. The Morgan fingerprint density at radius 3 is 2.75 bits per heavy atom. The van der Waals surface area contributed by atoms with Crippen molar-refractivity contribution in [2.75, 3.05) is 29.4 Å². The standard InChI is InChI=1S/C21H24ClN5O3S2/c1-2-12-32(28,29)27-15-5-3-4-14(17(15)22)18-19(16-6-9-24-21(23)25-16)31-20(26-18)13-7-10-30-11-8-13/h3-6,9,13,27H,2,7-8,10-12H2,1H3,(H2,23,24,25). The zero-order valence-electron chi connectivity index (χ0n) is 17.5. The Hall–Kier alpha value is -2.27. The molecule has 1 aliphatic heterocycles. The summed E-state index contributed by atoms with van der Waals surface area (Å²) in [4.78, 5) is 14.1. The Kier molecular flexibility index (Phi) is 6.94. The van der Waals surface area contributed by atoms with Crippen molar-refractivity contribution in [3.63, 3.8) is 0 Å². The fourth-order valence-corrected chi connectivity index (χ4v) is 6.28. The molecule has 0 amide bonds. The van der Waals surface area contributed by atoms with Gasteiger partial charge in [-0.25, -0.2) is 23.4 Å². The van der Waals surface area contributed by atoms with E-state index in [9.17, 15) is 8.42 Å². The second-order valence-electron chi connectivity index (χ2n) is 7.50. The van der Waals surface area contributed by atoms with Crippen LogP contribution in [0.15, 0.2) is 30.5 Å². The van der Waals surface area contributed by atoms with Crippen LogP contribution in [0.1, 0.15) is 37.1 Å². The van der Waals surface area contributed by atoms with Crippen molar-refractivity contribution < 1.29 is 13.2 Å². The summed E-state index contributed by atoms with van der Waals surface area (Å²) in [5, 5.41) is 1.27. The summed E-state index contributed by atoms with van der Waals surface area (Å²) in [7, 11) is -3.49. The molecule has 2 aromatic heterocycles. The Bertz CT molecular complexity index is 1210. The summed E-state index contributed by atoms with van der Waals surface area (Å²) in [6.07, 6.45) is 3.89. The molecular formula is C21H24ClN5O3S2. The third kappa shape index (κ3) is 5.03. The van der Waals surface area contributed by atoms with Crippen LogP contribution < -0.4 is 10.5 Å². The number of thiazole rings is 1. The van der Waals surface area contributed by atoms with Gasteiger partial charge in [-0.3, -0.25) is 4.72 Å². The molecule has 0 saturated carbocycles. The van der Waals surface area contributed by atoms with Gasteiger partial charge in [-0.05, 0) is 31.4 Å². The van der Waals surface area contributed by atoms with Crippen molar-refractivity contribution >= 4 is 44.6 Å². The third-order valence-corrected chi connectivity index (χ3v) is 8.24. The average Bonchev–Trinajstić information content (AvgIpc) is 3.21. The number of sulfonamides is 1. The fraction of sp³-hybridized carbons (Fsp3) is 0.381. The van der Waals surface area contributed by atoms with Crippen LogP contribution in [0.3, 0.4) is 0 Å². The number of nitrogens with zero attached hydrogens (tertiary/aromatic N) is 3. The molecule has 1 aliphatic rings. The monoisotopic (exact) mass is 493 g/mol. The minimum absolute atomic E-state index is 0.0175. The lowest BCUT2D eigenvalue weighted by Crippen LogP contribution is -2.16. The van der Waals surface area contributed by atoms with Gasteiger partial charge in [0.25, 0.3) is 0 Å². The van der Waals surface area contributed by atoms with Gasteiger partial charge in [-0.1, -0.05) is 30.7 Å². The smallest absolute Gasteiger partial charge is 0.232 e. The van der Waals surface area contributed by atoms with Crippen LogP contribution in [-0.4, -0.2) is 42.3 Å². The Balaban J connectivity index is 1.82. The number of nitrogens with one attached hydrogen (secondary N) is 1. The molecule has 32 heavy (non-hydrogen) atoms. The van der Waals surface area contributed by atoms with Gasteiger partial charge >= 0.3 is 0 Å². The van der Waals surface area contributed by atoms with E-state index in [1.165, 1.54) is 0 Å². The molecule has 0 atom stereocenters. The number of nitrogens with two attached hydrogens (primary N) is 1. The quantitative estimate of drug-likeness (QED) is 0.495. The number of nitrogen functional groups attached to an aromatic ring is 1. The van der Waals surface area contributed by atoms with Crippen LogP contribution in [0.2, 0.25) is 5.02 Å². The zero-order chi connectivity index (χ0) is 22.7. The summed E-state index contributed by atoms with van der Waals surface area (Å²) in [6.45, 7) is 3.21. The van der Waals surface area contributed by atoms with E-state index in [2.05, 4.69) is 14.7 Å². The van der Waals surface area contributed by atoms with E-state index in [0.29, 0.717) is 47.3 Å². The van der Waals surface area contributed by atoms with Crippen molar-refractivity contribution in [2.24, 2.45) is 0 Å². The van der Waals surface area contributed by atoms with Crippen LogP contribution in [0.25, 0.3) is 21.8 Å². The van der Waals surface area contributed by atoms with E-state index >= 15 is 0 Å². The summed E-state index contributed by atoms with van der Waals surface area (Å²) >= 11 is 8.24. The highest BCUT2D eigenvalue weighted by molar-refractivity contribution is 7.92. The molecule has 170 valence electrons. The molecule has 0 unspecified atom stereocenters. The molecule has 1 aromatic carbocycles. The molecule has 3 aromatic rings. The molecule has 3 N–H and O–H groups in total. The van der Waals surface area contributed by atoms with Crippen LogP contribution in [0.5, 0.6) is 0 Å². The van der Waals surface area contributed by atoms with Gasteiger partial charge in [0.2, 0.25) is 16.0 Å². The minimum atomic E-state index is -3.49. The Morgan fingerprint density at radius 1 is 1.25 bits per heavy atom. The number of hydrogen-bond acceptors (Lipinski definition) is 8. The van der Waals surface area contributed by atoms with E-state index in [4.69, 9.17) is 27.1 Å². The number of benzene rings is 1. The maximum Gasteiger partial charge on any atom is 0.232 e. The number of ether oxygens (including phenoxy) is 1. The number of anilines is 2. The zero-order valence-corrected chi connectivity index (χ0v) is 19.9. The minimum Gasteiger partial charge on any atom is -0.381 e. The maximum absolute atomic E-state index is 12.3. The average molecular weight is 494 g/mol. The predicted molar refractivity (Wildman–Crippen MR) is 128 cm³/mol. The largest absolute Gasteiger partial charge is 0.381 e. The van der Waals surface area contributed by atoms with Gasteiger partial charge < -0.3 is 10.5 Å². The van der Waals surface area contributed by atoms with Crippen LogP contribution >= 0.6 is 22.9 Å². The molecule has 8 nitrogen and oxygen atoms in total. The lowest BCUT2D eigenvalue weighted by molar-refractivity contribution is 0.0853. The molecule has 0 aliphatic carbocycles.